The first-order chi connectivity index (χ1) is 9.17. The maximum absolute atomic E-state index is 9.86. The van der Waals surface area contributed by atoms with Gasteiger partial charge in [-0.3, -0.25) is 4.79 Å². The summed E-state index contributed by atoms with van der Waals surface area (Å²) < 4.78 is 0. The second-order valence-corrected chi connectivity index (χ2v) is 4.32. The summed E-state index contributed by atoms with van der Waals surface area (Å²) in [5.41, 5.74) is 1.79. The van der Waals surface area contributed by atoms with Crippen LogP contribution in [-0.2, 0) is 4.79 Å². The minimum Gasteiger partial charge on any atom is -0.388 e. The highest BCUT2D eigenvalue weighted by molar-refractivity contribution is 6.42. The number of benzene rings is 2. The van der Waals surface area contributed by atoms with Gasteiger partial charge in [0.15, 0.2) is 0 Å². The Kier molecular flexibility index (Phi) is 6.79. The molecule has 0 saturated heterocycles. The van der Waals surface area contributed by atoms with E-state index in [9.17, 15) is 4.79 Å². The van der Waals surface area contributed by atoms with Crippen LogP contribution in [-0.4, -0.2) is 13.5 Å². The number of halogens is 2. The molecule has 5 heteroatoms. The molecular formula is C14H14Cl2N2O. The Balaban J connectivity index is 0.000000191. The van der Waals surface area contributed by atoms with E-state index in [-0.39, 0.29) is 0 Å². The molecule has 0 aliphatic carbocycles. The summed E-state index contributed by atoms with van der Waals surface area (Å²) in [4.78, 5) is 9.86. The van der Waals surface area contributed by atoms with Gasteiger partial charge in [-0.1, -0.05) is 41.4 Å². The Labute approximate surface area is 122 Å². The van der Waals surface area contributed by atoms with Crippen molar-refractivity contribution in [3.63, 3.8) is 0 Å². The quantitative estimate of drug-likeness (QED) is 0.830. The third-order valence-corrected chi connectivity index (χ3v) is 2.95. The van der Waals surface area contributed by atoms with Gasteiger partial charge >= 0.3 is 0 Å². The monoisotopic (exact) mass is 296 g/mol. The summed E-state index contributed by atoms with van der Waals surface area (Å²) in [7, 11) is 1.83. The minimum atomic E-state index is 0.577. The lowest BCUT2D eigenvalue weighted by molar-refractivity contribution is -0.105. The van der Waals surface area contributed by atoms with Gasteiger partial charge < -0.3 is 10.6 Å². The molecule has 0 fully saturated rings. The van der Waals surface area contributed by atoms with Gasteiger partial charge in [0.1, 0.15) is 0 Å². The van der Waals surface area contributed by atoms with E-state index in [1.165, 1.54) is 0 Å². The van der Waals surface area contributed by atoms with Crippen molar-refractivity contribution in [2.45, 2.75) is 0 Å². The first-order valence-corrected chi connectivity index (χ1v) is 6.31. The average Bonchev–Trinajstić information content (AvgIpc) is 2.44. The van der Waals surface area contributed by atoms with Crippen molar-refractivity contribution in [2.24, 2.45) is 0 Å². The van der Waals surface area contributed by atoms with Gasteiger partial charge in [0.2, 0.25) is 6.41 Å². The molecule has 0 atom stereocenters. The van der Waals surface area contributed by atoms with Gasteiger partial charge in [-0.05, 0) is 30.3 Å². The average molecular weight is 297 g/mol. The van der Waals surface area contributed by atoms with Crippen LogP contribution in [0.3, 0.4) is 0 Å². The molecule has 0 saturated carbocycles. The fourth-order valence-electron chi connectivity index (χ4n) is 1.25. The summed E-state index contributed by atoms with van der Waals surface area (Å²) in [5, 5.41) is 6.64. The molecule has 0 aliphatic heterocycles. The number of hydrogen-bond donors (Lipinski definition) is 2. The van der Waals surface area contributed by atoms with Crippen molar-refractivity contribution >= 4 is 41.0 Å². The number of amides is 1. The highest BCUT2D eigenvalue weighted by atomic mass is 35.5. The van der Waals surface area contributed by atoms with Crippen molar-refractivity contribution in [1.29, 1.82) is 0 Å². The Morgan fingerprint density at radius 3 is 2.16 bits per heavy atom. The number of rotatable bonds is 3. The molecule has 0 radical (unpaired) electrons. The molecular weight excluding hydrogens is 283 g/mol. The molecule has 2 rings (SSSR count). The van der Waals surface area contributed by atoms with Crippen molar-refractivity contribution in [1.82, 2.24) is 0 Å². The number of carbonyl (C=O) groups excluding carboxylic acids is 1. The third kappa shape index (κ3) is 5.64. The predicted molar refractivity (Wildman–Crippen MR) is 82.1 cm³/mol. The summed E-state index contributed by atoms with van der Waals surface area (Å²) in [6.45, 7) is 0. The van der Waals surface area contributed by atoms with E-state index in [4.69, 9.17) is 23.2 Å². The topological polar surface area (TPSA) is 41.1 Å². The van der Waals surface area contributed by atoms with Gasteiger partial charge in [0.25, 0.3) is 0 Å². The molecule has 0 aromatic heterocycles. The number of hydrogen-bond acceptors (Lipinski definition) is 2. The summed E-state index contributed by atoms with van der Waals surface area (Å²) in [6.07, 6.45) is 0.662. The zero-order valence-corrected chi connectivity index (χ0v) is 11.9. The summed E-state index contributed by atoms with van der Waals surface area (Å²) in [6, 6.07) is 14.7. The van der Waals surface area contributed by atoms with E-state index in [2.05, 4.69) is 10.6 Å². The molecule has 0 spiro atoms. The van der Waals surface area contributed by atoms with Crippen LogP contribution in [0.15, 0.2) is 48.5 Å². The third-order valence-electron chi connectivity index (χ3n) is 2.21. The second kappa shape index (κ2) is 8.40. The van der Waals surface area contributed by atoms with E-state index in [0.717, 1.165) is 11.4 Å². The molecule has 2 aromatic rings. The van der Waals surface area contributed by atoms with Crippen molar-refractivity contribution in [2.75, 3.05) is 17.7 Å². The van der Waals surface area contributed by atoms with Crippen molar-refractivity contribution in [3.8, 4) is 0 Å². The lowest BCUT2D eigenvalue weighted by Crippen LogP contribution is -1.91. The molecule has 100 valence electrons. The maximum atomic E-state index is 9.86. The fourth-order valence-corrected chi connectivity index (χ4v) is 1.55. The van der Waals surface area contributed by atoms with Crippen LogP contribution in [0.2, 0.25) is 10.0 Å². The maximum Gasteiger partial charge on any atom is 0.211 e. The number of anilines is 2. The van der Waals surface area contributed by atoms with Crippen LogP contribution in [0.4, 0.5) is 11.4 Å². The second-order valence-electron chi connectivity index (χ2n) is 3.51. The molecule has 1 amide bonds. The zero-order valence-electron chi connectivity index (χ0n) is 10.4. The van der Waals surface area contributed by atoms with Crippen LogP contribution in [0, 0.1) is 0 Å². The minimum absolute atomic E-state index is 0.577. The van der Waals surface area contributed by atoms with Gasteiger partial charge in [-0.15, -0.1) is 0 Å². The largest absolute Gasteiger partial charge is 0.388 e. The standard InChI is InChI=1S/C7H7Cl2N.C7H7NO/c1-10-5-2-3-6(8)7(9)4-5;9-6-8-7-4-2-1-3-5-7/h2-4,10H,1H3;1-6H,(H,8,9). The van der Waals surface area contributed by atoms with Gasteiger partial charge in [0, 0.05) is 18.4 Å². The molecule has 3 nitrogen and oxygen atoms in total. The van der Waals surface area contributed by atoms with Crippen LogP contribution < -0.4 is 10.6 Å². The predicted octanol–water partition coefficient (Wildman–Crippen LogP) is 4.29. The smallest absolute Gasteiger partial charge is 0.211 e. The molecule has 19 heavy (non-hydrogen) atoms. The van der Waals surface area contributed by atoms with Crippen molar-refractivity contribution in [3.05, 3.63) is 58.6 Å². The highest BCUT2D eigenvalue weighted by Crippen LogP contribution is 2.24. The number of carbonyl (C=O) groups is 1. The zero-order chi connectivity index (χ0) is 14.1. The van der Waals surface area contributed by atoms with Crippen molar-refractivity contribution < 1.29 is 4.79 Å². The normalized spacial score (nSPS) is 9.00. The van der Waals surface area contributed by atoms with Crippen LogP contribution >= 0.6 is 23.2 Å². The molecule has 0 aliphatic rings. The van der Waals surface area contributed by atoms with Crippen LogP contribution in [0.5, 0.6) is 0 Å². The van der Waals surface area contributed by atoms with E-state index in [1.54, 1.807) is 12.1 Å². The fraction of sp³-hybridized carbons (Fsp3) is 0.0714. The first-order valence-electron chi connectivity index (χ1n) is 5.55. The molecule has 0 bridgehead atoms. The Morgan fingerprint density at radius 1 is 0.947 bits per heavy atom. The number of para-hydroxylation sites is 1. The Hall–Kier alpha value is -1.71. The molecule has 0 heterocycles. The van der Waals surface area contributed by atoms with Gasteiger partial charge in [-0.2, -0.15) is 0 Å². The van der Waals surface area contributed by atoms with Crippen LogP contribution in [0.1, 0.15) is 0 Å². The molecule has 2 aromatic carbocycles. The lowest BCUT2D eigenvalue weighted by Gasteiger charge is -2.00. The van der Waals surface area contributed by atoms with E-state index in [0.29, 0.717) is 16.5 Å². The van der Waals surface area contributed by atoms with E-state index in [1.807, 2.05) is 43.4 Å². The summed E-state index contributed by atoms with van der Waals surface area (Å²) >= 11 is 11.4. The van der Waals surface area contributed by atoms with E-state index < -0.39 is 0 Å². The Morgan fingerprint density at radius 2 is 1.63 bits per heavy atom. The molecule has 2 N–H and O–H groups in total. The van der Waals surface area contributed by atoms with E-state index >= 15 is 0 Å². The van der Waals surface area contributed by atoms with Gasteiger partial charge in [-0.25, -0.2) is 0 Å². The van der Waals surface area contributed by atoms with Gasteiger partial charge in [0.05, 0.1) is 10.0 Å². The highest BCUT2D eigenvalue weighted by Gasteiger charge is 1.95. The Bertz CT molecular complexity index is 518. The summed E-state index contributed by atoms with van der Waals surface area (Å²) in [5.74, 6) is 0. The lowest BCUT2D eigenvalue weighted by atomic mass is 10.3. The molecule has 0 unspecified atom stereocenters. The first kappa shape index (κ1) is 15.3. The number of nitrogens with one attached hydrogen (secondary N) is 2. The SMILES string of the molecule is CNc1ccc(Cl)c(Cl)c1.O=CNc1ccccc1. The van der Waals surface area contributed by atoms with Crippen LogP contribution in [0.25, 0.3) is 0 Å².